The summed E-state index contributed by atoms with van der Waals surface area (Å²) in [6.45, 7) is 7.63. The highest BCUT2D eigenvalue weighted by atomic mass is 16.7. The zero-order valence-corrected chi connectivity index (χ0v) is 19.0. The number of rotatable bonds is 10. The Balaban J connectivity index is 1.82. The Morgan fingerprint density at radius 3 is 2.79 bits per heavy atom. The van der Waals surface area contributed by atoms with Crippen molar-refractivity contribution in [2.75, 3.05) is 13.7 Å². The predicted octanol–water partition coefficient (Wildman–Crippen LogP) is 5.31. The summed E-state index contributed by atoms with van der Waals surface area (Å²) < 4.78 is 24.5. The second-order valence-corrected chi connectivity index (χ2v) is 9.96. The largest absolute Gasteiger partial charge is 0.467 e. The Kier molecular flexibility index (Phi) is 8.05. The molecule has 0 spiro atoms. The van der Waals surface area contributed by atoms with Crippen LogP contribution in [0.25, 0.3) is 0 Å². The van der Waals surface area contributed by atoms with Crippen LogP contribution in [-0.4, -0.2) is 43.1 Å². The van der Waals surface area contributed by atoms with Gasteiger partial charge in [-0.3, -0.25) is 0 Å². The number of ether oxygens (including phenoxy) is 4. The third-order valence-electron chi connectivity index (χ3n) is 7.06. The molecule has 0 aromatic carbocycles. The average molecular weight is 411 g/mol. The number of unbranched alkanes of at least 4 members (excludes halogenated alkanes) is 1. The lowest BCUT2D eigenvalue weighted by Crippen LogP contribution is -2.48. The van der Waals surface area contributed by atoms with Crippen LogP contribution in [0.2, 0.25) is 0 Å². The van der Waals surface area contributed by atoms with Crippen LogP contribution in [0.4, 0.5) is 0 Å². The van der Waals surface area contributed by atoms with E-state index in [1.165, 1.54) is 19.3 Å². The highest BCUT2D eigenvalue weighted by Gasteiger charge is 2.57. The molecule has 5 unspecified atom stereocenters. The lowest BCUT2D eigenvalue weighted by molar-refractivity contribution is -0.202. The average Bonchev–Trinajstić information content (AvgIpc) is 3.22. The zero-order valence-electron chi connectivity index (χ0n) is 19.0. The zero-order chi connectivity index (χ0) is 20.9. The van der Waals surface area contributed by atoms with Crippen LogP contribution in [0.1, 0.15) is 91.4 Å². The van der Waals surface area contributed by atoms with Gasteiger partial charge in [0.2, 0.25) is 0 Å². The van der Waals surface area contributed by atoms with Gasteiger partial charge in [-0.25, -0.2) is 0 Å². The van der Waals surface area contributed by atoms with Gasteiger partial charge in [0.25, 0.3) is 0 Å². The van der Waals surface area contributed by atoms with Crippen LogP contribution in [0, 0.1) is 11.3 Å². The number of fused-ring (bicyclic) bond motifs is 1. The second-order valence-electron chi connectivity index (χ2n) is 9.96. The molecule has 0 bridgehead atoms. The van der Waals surface area contributed by atoms with Gasteiger partial charge in [0, 0.05) is 20.0 Å². The maximum absolute atomic E-state index is 10.2. The fraction of sp³-hybridized carbons (Fsp3) is 0.917. The molecule has 2 aliphatic heterocycles. The lowest BCUT2D eigenvalue weighted by Gasteiger charge is -2.39. The quantitative estimate of drug-likeness (QED) is 0.495. The number of hydrogen-bond acceptors (Lipinski definition) is 5. The van der Waals surface area contributed by atoms with Crippen LogP contribution >= 0.6 is 0 Å². The van der Waals surface area contributed by atoms with E-state index >= 15 is 0 Å². The first-order valence-corrected chi connectivity index (χ1v) is 11.8. The Morgan fingerprint density at radius 1 is 1.28 bits per heavy atom. The molecule has 2 saturated heterocycles. The van der Waals surface area contributed by atoms with Crippen LogP contribution in [0.3, 0.4) is 0 Å². The van der Waals surface area contributed by atoms with Crippen molar-refractivity contribution >= 4 is 0 Å². The lowest BCUT2D eigenvalue weighted by atomic mass is 9.81. The van der Waals surface area contributed by atoms with Crippen molar-refractivity contribution in [1.29, 1.82) is 0 Å². The fourth-order valence-corrected chi connectivity index (χ4v) is 5.36. The first kappa shape index (κ1) is 23.1. The van der Waals surface area contributed by atoms with E-state index in [1.54, 1.807) is 7.11 Å². The smallest absolute Gasteiger partial charge is 0.199 e. The van der Waals surface area contributed by atoms with Crippen molar-refractivity contribution in [3.8, 4) is 0 Å². The van der Waals surface area contributed by atoms with Gasteiger partial charge in [-0.15, -0.1) is 0 Å². The van der Waals surface area contributed by atoms with E-state index in [0.717, 1.165) is 57.3 Å². The first-order chi connectivity index (χ1) is 13.9. The van der Waals surface area contributed by atoms with Crippen molar-refractivity contribution in [2.45, 2.75) is 116 Å². The van der Waals surface area contributed by atoms with Crippen LogP contribution in [0.5, 0.6) is 0 Å². The van der Waals surface area contributed by atoms with Gasteiger partial charge in [0.05, 0.1) is 6.61 Å². The maximum Gasteiger partial charge on any atom is 0.199 e. The monoisotopic (exact) mass is 410 g/mol. The molecule has 1 aliphatic carbocycles. The first-order valence-electron chi connectivity index (χ1n) is 11.8. The molecule has 0 radical (unpaired) electrons. The minimum Gasteiger partial charge on any atom is -0.467 e. The molecule has 0 aromatic heterocycles. The summed E-state index contributed by atoms with van der Waals surface area (Å²) in [6.07, 6.45) is 12.5. The van der Waals surface area contributed by atoms with Gasteiger partial charge in [-0.1, -0.05) is 40.0 Å². The van der Waals surface area contributed by atoms with Crippen molar-refractivity contribution in [3.63, 3.8) is 0 Å². The Bertz CT molecular complexity index is 539. The molecule has 5 nitrogen and oxygen atoms in total. The van der Waals surface area contributed by atoms with Crippen molar-refractivity contribution < 1.29 is 24.1 Å². The standard InChI is InChI=1S/C24H42O5/c1-5-6-13-23(2,3)15-12-19(28-21-11-7-8-16-27-21)22(26-4)24-14-9-10-18(24)17-20(25)29-24/h12,18,20-22,25H,5-11,13-17H2,1-4H3. The molecule has 2 heterocycles. The highest BCUT2D eigenvalue weighted by molar-refractivity contribution is 5.16. The van der Waals surface area contributed by atoms with Crippen LogP contribution in [0.15, 0.2) is 11.8 Å². The molecule has 1 N–H and O–H groups in total. The molecule has 3 fully saturated rings. The molecule has 1 saturated carbocycles. The molecule has 29 heavy (non-hydrogen) atoms. The Morgan fingerprint density at radius 2 is 2.10 bits per heavy atom. The summed E-state index contributed by atoms with van der Waals surface area (Å²) in [7, 11) is 1.74. The highest BCUT2D eigenvalue weighted by Crippen LogP contribution is 2.52. The van der Waals surface area contributed by atoms with Crippen molar-refractivity contribution in [2.24, 2.45) is 11.3 Å². The molecule has 5 heteroatoms. The van der Waals surface area contributed by atoms with Crippen molar-refractivity contribution in [1.82, 2.24) is 0 Å². The second kappa shape index (κ2) is 10.1. The third-order valence-corrected chi connectivity index (χ3v) is 7.06. The molecule has 5 atom stereocenters. The van der Waals surface area contributed by atoms with E-state index in [-0.39, 0.29) is 17.8 Å². The van der Waals surface area contributed by atoms with Gasteiger partial charge >= 0.3 is 0 Å². The van der Waals surface area contributed by atoms with Crippen LogP contribution in [-0.2, 0) is 18.9 Å². The van der Waals surface area contributed by atoms with Gasteiger partial charge in [0.1, 0.15) is 17.5 Å². The van der Waals surface area contributed by atoms with Gasteiger partial charge in [-0.05, 0) is 55.9 Å². The molecule has 168 valence electrons. The molecule has 0 amide bonds. The summed E-state index contributed by atoms with van der Waals surface area (Å²) >= 11 is 0. The van der Waals surface area contributed by atoms with Gasteiger partial charge < -0.3 is 24.1 Å². The van der Waals surface area contributed by atoms with E-state index in [4.69, 9.17) is 18.9 Å². The Hall–Kier alpha value is -0.620. The SMILES string of the molecule is CCCCC(C)(C)CC=C(OC1CCCCO1)C(OC)C12CCCC1CC(O)O2. The Labute approximate surface area is 177 Å². The number of aliphatic hydroxyl groups excluding tert-OH is 1. The summed E-state index contributed by atoms with van der Waals surface area (Å²) in [5.41, 5.74) is -0.276. The maximum atomic E-state index is 10.2. The minimum absolute atomic E-state index is 0.207. The molecule has 0 aromatic rings. The fourth-order valence-electron chi connectivity index (χ4n) is 5.36. The summed E-state index contributed by atoms with van der Waals surface area (Å²) in [5.74, 6) is 1.15. The normalized spacial score (nSPS) is 34.2. The van der Waals surface area contributed by atoms with E-state index in [1.807, 2.05) is 0 Å². The predicted molar refractivity (Wildman–Crippen MR) is 113 cm³/mol. The number of allylic oxidation sites excluding steroid dienone is 1. The number of hydrogen-bond donors (Lipinski definition) is 1. The van der Waals surface area contributed by atoms with Crippen molar-refractivity contribution in [3.05, 3.63) is 11.8 Å². The minimum atomic E-state index is -0.703. The van der Waals surface area contributed by atoms with E-state index in [9.17, 15) is 5.11 Å². The van der Waals surface area contributed by atoms with E-state index in [2.05, 4.69) is 26.8 Å². The summed E-state index contributed by atoms with van der Waals surface area (Å²) in [4.78, 5) is 0. The number of aliphatic hydroxyl groups is 1. The van der Waals surface area contributed by atoms with E-state index < -0.39 is 11.9 Å². The van der Waals surface area contributed by atoms with Gasteiger partial charge in [0.15, 0.2) is 12.6 Å². The molecular formula is C24H42O5. The molecular weight excluding hydrogens is 368 g/mol. The van der Waals surface area contributed by atoms with E-state index in [0.29, 0.717) is 12.3 Å². The summed E-state index contributed by atoms with van der Waals surface area (Å²) in [5, 5.41) is 10.2. The number of methoxy groups -OCH3 is 1. The summed E-state index contributed by atoms with van der Waals surface area (Å²) in [6, 6.07) is 0. The topological polar surface area (TPSA) is 57.2 Å². The van der Waals surface area contributed by atoms with Gasteiger partial charge in [-0.2, -0.15) is 0 Å². The molecule has 3 aliphatic rings. The third kappa shape index (κ3) is 5.55. The molecule has 3 rings (SSSR count). The van der Waals surface area contributed by atoms with Crippen LogP contribution < -0.4 is 0 Å².